The minimum Gasteiger partial charge on any atom is -0.495 e. The number of thiazole rings is 1. The molecule has 0 aromatic carbocycles. The van der Waals surface area contributed by atoms with Gasteiger partial charge in [-0.05, 0) is 26.0 Å². The summed E-state index contributed by atoms with van der Waals surface area (Å²) in [5.41, 5.74) is 0. The molecule has 0 amide bonds. The largest absolute Gasteiger partial charge is 0.495 e. The van der Waals surface area contributed by atoms with Crippen LogP contribution in [0.2, 0.25) is 0 Å². The maximum Gasteiger partial charge on any atom is 0.137 e. The van der Waals surface area contributed by atoms with Crippen molar-refractivity contribution in [3.8, 4) is 5.75 Å². The van der Waals surface area contributed by atoms with Crippen LogP contribution < -0.4 is 10.1 Å². The SMILES string of the molecule is COc1ccc(NC(C)c2ncc(C)s2)nc1. The second-order valence-electron chi connectivity index (χ2n) is 3.76. The number of rotatable bonds is 4. The van der Waals surface area contributed by atoms with Crippen LogP contribution in [0.1, 0.15) is 22.9 Å². The molecule has 17 heavy (non-hydrogen) atoms. The molecule has 0 spiro atoms. The van der Waals surface area contributed by atoms with Gasteiger partial charge in [0.05, 0.1) is 19.3 Å². The molecule has 2 aromatic heterocycles. The second-order valence-corrected chi connectivity index (χ2v) is 5.02. The number of aromatic nitrogens is 2. The molecule has 2 rings (SSSR count). The van der Waals surface area contributed by atoms with Crippen LogP contribution in [0.3, 0.4) is 0 Å². The van der Waals surface area contributed by atoms with Gasteiger partial charge in [-0.25, -0.2) is 9.97 Å². The Morgan fingerprint density at radius 1 is 1.29 bits per heavy atom. The van der Waals surface area contributed by atoms with Gasteiger partial charge in [0.2, 0.25) is 0 Å². The van der Waals surface area contributed by atoms with E-state index in [-0.39, 0.29) is 6.04 Å². The van der Waals surface area contributed by atoms with E-state index in [1.54, 1.807) is 24.6 Å². The molecule has 90 valence electrons. The van der Waals surface area contributed by atoms with E-state index in [1.165, 1.54) is 4.88 Å². The summed E-state index contributed by atoms with van der Waals surface area (Å²) in [6.07, 6.45) is 3.59. The Morgan fingerprint density at radius 2 is 2.12 bits per heavy atom. The molecule has 1 atom stereocenters. The Bertz CT molecular complexity index is 481. The van der Waals surface area contributed by atoms with Gasteiger partial charge >= 0.3 is 0 Å². The highest BCUT2D eigenvalue weighted by Crippen LogP contribution is 2.22. The lowest BCUT2D eigenvalue weighted by Gasteiger charge is -2.11. The zero-order valence-corrected chi connectivity index (χ0v) is 10.9. The van der Waals surface area contributed by atoms with Gasteiger partial charge in [-0.2, -0.15) is 0 Å². The van der Waals surface area contributed by atoms with Crippen molar-refractivity contribution >= 4 is 17.2 Å². The van der Waals surface area contributed by atoms with Crippen molar-refractivity contribution < 1.29 is 4.74 Å². The zero-order valence-electron chi connectivity index (χ0n) is 10.1. The van der Waals surface area contributed by atoms with Crippen LogP contribution in [0.25, 0.3) is 0 Å². The molecule has 1 N–H and O–H groups in total. The van der Waals surface area contributed by atoms with Gasteiger partial charge in [0.1, 0.15) is 16.6 Å². The van der Waals surface area contributed by atoms with E-state index in [0.717, 1.165) is 16.6 Å². The number of nitrogens with zero attached hydrogens (tertiary/aromatic N) is 2. The van der Waals surface area contributed by atoms with Crippen molar-refractivity contribution in [2.75, 3.05) is 12.4 Å². The molecule has 0 saturated carbocycles. The van der Waals surface area contributed by atoms with Gasteiger partial charge in [0, 0.05) is 11.1 Å². The highest BCUT2D eigenvalue weighted by Gasteiger charge is 2.09. The number of anilines is 1. The van der Waals surface area contributed by atoms with Crippen LogP contribution in [-0.4, -0.2) is 17.1 Å². The first-order valence-electron chi connectivity index (χ1n) is 5.38. The third-order valence-electron chi connectivity index (χ3n) is 2.35. The first-order chi connectivity index (χ1) is 8.19. The molecule has 4 nitrogen and oxygen atoms in total. The topological polar surface area (TPSA) is 47.0 Å². The predicted molar refractivity (Wildman–Crippen MR) is 69.7 cm³/mol. The van der Waals surface area contributed by atoms with E-state index in [2.05, 4.69) is 29.1 Å². The average molecular weight is 249 g/mol. The molecule has 0 aliphatic rings. The predicted octanol–water partition coefficient (Wildman–Crippen LogP) is 3.03. The minimum absolute atomic E-state index is 0.162. The summed E-state index contributed by atoms with van der Waals surface area (Å²) in [6, 6.07) is 3.94. The highest BCUT2D eigenvalue weighted by atomic mass is 32.1. The summed E-state index contributed by atoms with van der Waals surface area (Å²) in [5, 5.41) is 4.37. The number of aryl methyl sites for hydroxylation is 1. The highest BCUT2D eigenvalue weighted by molar-refractivity contribution is 7.11. The monoisotopic (exact) mass is 249 g/mol. The molecule has 0 saturated heterocycles. The lowest BCUT2D eigenvalue weighted by atomic mass is 10.3. The summed E-state index contributed by atoms with van der Waals surface area (Å²) in [4.78, 5) is 9.83. The normalized spacial score (nSPS) is 12.2. The summed E-state index contributed by atoms with van der Waals surface area (Å²) in [7, 11) is 1.63. The van der Waals surface area contributed by atoms with Crippen LogP contribution >= 0.6 is 11.3 Å². The summed E-state index contributed by atoms with van der Waals surface area (Å²) in [6.45, 7) is 4.13. The van der Waals surface area contributed by atoms with Crippen molar-refractivity contribution in [1.29, 1.82) is 0 Å². The van der Waals surface area contributed by atoms with Crippen LogP contribution in [0.5, 0.6) is 5.75 Å². The Labute approximate surface area is 105 Å². The van der Waals surface area contributed by atoms with Gasteiger partial charge in [0.25, 0.3) is 0 Å². The van der Waals surface area contributed by atoms with E-state index in [0.29, 0.717) is 0 Å². The summed E-state index contributed by atoms with van der Waals surface area (Å²) in [5.74, 6) is 1.58. The van der Waals surface area contributed by atoms with E-state index in [9.17, 15) is 0 Å². The van der Waals surface area contributed by atoms with E-state index in [1.807, 2.05) is 18.3 Å². The number of ether oxygens (including phenoxy) is 1. The molecule has 5 heteroatoms. The molecular formula is C12H15N3OS. The Hall–Kier alpha value is -1.62. The molecular weight excluding hydrogens is 234 g/mol. The van der Waals surface area contributed by atoms with Crippen molar-refractivity contribution in [2.45, 2.75) is 19.9 Å². The third-order valence-corrected chi connectivity index (χ3v) is 3.44. The first-order valence-corrected chi connectivity index (χ1v) is 6.19. The number of methoxy groups -OCH3 is 1. The summed E-state index contributed by atoms with van der Waals surface area (Å²) >= 11 is 1.70. The molecule has 0 fully saturated rings. The average Bonchev–Trinajstić information content (AvgIpc) is 2.77. The van der Waals surface area contributed by atoms with Crippen LogP contribution in [0, 0.1) is 6.92 Å². The molecule has 0 aliphatic carbocycles. The number of hydrogen-bond donors (Lipinski definition) is 1. The van der Waals surface area contributed by atoms with Gasteiger partial charge < -0.3 is 10.1 Å². The van der Waals surface area contributed by atoms with Crippen molar-refractivity contribution in [3.63, 3.8) is 0 Å². The van der Waals surface area contributed by atoms with Gasteiger partial charge in [-0.15, -0.1) is 11.3 Å². The van der Waals surface area contributed by atoms with Crippen LogP contribution in [0.4, 0.5) is 5.82 Å². The number of nitrogens with one attached hydrogen (secondary N) is 1. The molecule has 2 aromatic rings. The molecule has 1 unspecified atom stereocenters. The minimum atomic E-state index is 0.162. The van der Waals surface area contributed by atoms with Crippen molar-refractivity contribution in [1.82, 2.24) is 9.97 Å². The maximum absolute atomic E-state index is 5.06. The molecule has 0 aliphatic heterocycles. The molecule has 2 heterocycles. The fraction of sp³-hybridized carbons (Fsp3) is 0.333. The summed E-state index contributed by atoms with van der Waals surface area (Å²) < 4.78 is 5.06. The molecule has 0 bridgehead atoms. The lowest BCUT2D eigenvalue weighted by molar-refractivity contribution is 0.413. The van der Waals surface area contributed by atoms with E-state index < -0.39 is 0 Å². The van der Waals surface area contributed by atoms with Crippen LogP contribution in [0.15, 0.2) is 24.5 Å². The zero-order chi connectivity index (χ0) is 12.3. The first kappa shape index (κ1) is 11.9. The Morgan fingerprint density at radius 3 is 2.65 bits per heavy atom. The fourth-order valence-corrected chi connectivity index (χ4v) is 2.22. The Kier molecular flexibility index (Phi) is 3.58. The van der Waals surface area contributed by atoms with Crippen LogP contribution in [-0.2, 0) is 0 Å². The van der Waals surface area contributed by atoms with Gasteiger partial charge in [-0.1, -0.05) is 0 Å². The number of pyridine rings is 1. The quantitative estimate of drug-likeness (QED) is 0.904. The third kappa shape index (κ3) is 2.94. The Balaban J connectivity index is 2.04. The van der Waals surface area contributed by atoms with Gasteiger partial charge in [0.15, 0.2) is 0 Å². The molecule has 0 radical (unpaired) electrons. The van der Waals surface area contributed by atoms with Crippen molar-refractivity contribution in [3.05, 3.63) is 34.4 Å². The van der Waals surface area contributed by atoms with Gasteiger partial charge in [-0.3, -0.25) is 0 Å². The fourth-order valence-electron chi connectivity index (χ4n) is 1.44. The number of hydrogen-bond acceptors (Lipinski definition) is 5. The van der Waals surface area contributed by atoms with E-state index >= 15 is 0 Å². The smallest absolute Gasteiger partial charge is 0.137 e. The van der Waals surface area contributed by atoms with Crippen molar-refractivity contribution in [2.24, 2.45) is 0 Å². The lowest BCUT2D eigenvalue weighted by Crippen LogP contribution is -2.07. The van der Waals surface area contributed by atoms with E-state index in [4.69, 9.17) is 4.74 Å². The second kappa shape index (κ2) is 5.14. The maximum atomic E-state index is 5.06. The standard InChI is InChI=1S/C12H15N3OS/c1-8-6-14-12(17-8)9(2)15-11-5-4-10(16-3)7-13-11/h4-7,9H,1-3H3,(H,13,15).